The van der Waals surface area contributed by atoms with Crippen LogP contribution in [-0.2, 0) is 4.79 Å². The van der Waals surface area contributed by atoms with Gasteiger partial charge in [0.2, 0.25) is 5.91 Å². The molecule has 2 aliphatic rings. The van der Waals surface area contributed by atoms with E-state index in [0.29, 0.717) is 12.1 Å². The Balaban J connectivity index is 1.96. The van der Waals surface area contributed by atoms with Crippen molar-refractivity contribution in [2.24, 2.45) is 0 Å². The monoisotopic (exact) mass is 266 g/mol. The molecule has 1 aliphatic heterocycles. The summed E-state index contributed by atoms with van der Waals surface area (Å²) in [4.78, 5) is 14.0. The van der Waals surface area contributed by atoms with E-state index in [9.17, 15) is 13.6 Å². The van der Waals surface area contributed by atoms with Gasteiger partial charge in [-0.25, -0.2) is 8.78 Å². The first-order valence-electron chi connectivity index (χ1n) is 6.61. The first-order valence-corrected chi connectivity index (χ1v) is 6.61. The van der Waals surface area contributed by atoms with Crippen LogP contribution >= 0.6 is 0 Å². The fourth-order valence-electron chi connectivity index (χ4n) is 2.72. The summed E-state index contributed by atoms with van der Waals surface area (Å²) in [7, 11) is 0. The zero-order chi connectivity index (χ0) is 13.6. The third kappa shape index (κ3) is 1.92. The number of halogens is 2. The van der Waals surface area contributed by atoms with E-state index in [-0.39, 0.29) is 5.91 Å². The number of amides is 1. The molecule has 19 heavy (non-hydrogen) atoms. The predicted molar refractivity (Wildman–Crippen MR) is 66.2 cm³/mol. The molecule has 2 fully saturated rings. The molecule has 1 atom stereocenters. The van der Waals surface area contributed by atoms with E-state index in [0.717, 1.165) is 25.3 Å². The highest BCUT2D eigenvalue weighted by Gasteiger charge is 2.59. The van der Waals surface area contributed by atoms with Crippen LogP contribution in [0.15, 0.2) is 18.2 Å². The van der Waals surface area contributed by atoms with Gasteiger partial charge >= 0.3 is 0 Å². The number of carbonyl (C=O) groups is 1. The Hall–Kier alpha value is -1.49. The molecule has 1 aliphatic carbocycles. The SMILES string of the molecule is CCCN1C(=O)C2(CC2)NC1c1ccc(F)cc1F. The van der Waals surface area contributed by atoms with Gasteiger partial charge in [0.1, 0.15) is 23.3 Å². The number of nitrogens with zero attached hydrogens (tertiary/aromatic N) is 1. The maximum Gasteiger partial charge on any atom is 0.244 e. The van der Waals surface area contributed by atoms with Gasteiger partial charge in [-0.2, -0.15) is 0 Å². The van der Waals surface area contributed by atoms with E-state index in [2.05, 4.69) is 5.32 Å². The summed E-state index contributed by atoms with van der Waals surface area (Å²) in [6.07, 6.45) is 1.93. The fraction of sp³-hybridized carbons (Fsp3) is 0.500. The van der Waals surface area contributed by atoms with Crippen LogP contribution in [-0.4, -0.2) is 22.9 Å². The van der Waals surface area contributed by atoms with Crippen molar-refractivity contribution in [3.05, 3.63) is 35.4 Å². The van der Waals surface area contributed by atoms with Crippen LogP contribution in [0.25, 0.3) is 0 Å². The molecule has 102 valence electrons. The largest absolute Gasteiger partial charge is 0.321 e. The first-order chi connectivity index (χ1) is 9.07. The number of carbonyl (C=O) groups excluding carboxylic acids is 1. The highest BCUT2D eigenvalue weighted by molar-refractivity contribution is 5.92. The molecule has 1 saturated heterocycles. The number of hydrogen-bond acceptors (Lipinski definition) is 2. The number of rotatable bonds is 3. The summed E-state index contributed by atoms with van der Waals surface area (Å²) in [6, 6.07) is 3.51. The first kappa shape index (κ1) is 12.5. The standard InChI is InChI=1S/C14H16F2N2O/c1-2-7-18-12(17-14(5-6-14)13(18)19)10-4-3-9(15)8-11(10)16/h3-4,8,12,17H,2,5-7H2,1H3. The lowest BCUT2D eigenvalue weighted by atomic mass is 10.1. The van der Waals surface area contributed by atoms with Crippen LogP contribution in [0.4, 0.5) is 8.78 Å². The molecule has 0 bridgehead atoms. The minimum Gasteiger partial charge on any atom is -0.321 e. The summed E-state index contributed by atoms with van der Waals surface area (Å²) in [5, 5.41) is 3.22. The van der Waals surface area contributed by atoms with E-state index in [1.807, 2.05) is 6.92 Å². The second-order valence-corrected chi connectivity index (χ2v) is 5.29. The zero-order valence-electron chi connectivity index (χ0n) is 10.7. The summed E-state index contributed by atoms with van der Waals surface area (Å²) in [6.45, 7) is 2.55. The topological polar surface area (TPSA) is 32.3 Å². The molecule has 3 nitrogen and oxygen atoms in total. The van der Waals surface area contributed by atoms with Gasteiger partial charge in [-0.3, -0.25) is 10.1 Å². The molecular weight excluding hydrogens is 250 g/mol. The second kappa shape index (κ2) is 4.27. The van der Waals surface area contributed by atoms with Crippen molar-refractivity contribution in [2.45, 2.75) is 37.9 Å². The minimum absolute atomic E-state index is 0.0445. The van der Waals surface area contributed by atoms with Gasteiger partial charge in [-0.15, -0.1) is 0 Å². The molecule has 1 saturated carbocycles. The third-order valence-corrected chi connectivity index (χ3v) is 3.87. The average molecular weight is 266 g/mol. The van der Waals surface area contributed by atoms with Gasteiger partial charge in [-0.05, 0) is 31.4 Å². The second-order valence-electron chi connectivity index (χ2n) is 5.29. The lowest BCUT2D eigenvalue weighted by molar-refractivity contribution is -0.130. The Morgan fingerprint density at radius 3 is 2.74 bits per heavy atom. The highest BCUT2D eigenvalue weighted by Crippen LogP contribution is 2.46. The van der Waals surface area contributed by atoms with E-state index in [1.165, 1.54) is 12.1 Å². The quantitative estimate of drug-likeness (QED) is 0.910. The Morgan fingerprint density at radius 1 is 1.42 bits per heavy atom. The number of benzene rings is 1. The van der Waals surface area contributed by atoms with E-state index in [4.69, 9.17) is 0 Å². The molecule has 1 amide bonds. The van der Waals surface area contributed by atoms with Crippen LogP contribution in [0.1, 0.15) is 37.9 Å². The van der Waals surface area contributed by atoms with Crippen molar-refractivity contribution in [1.29, 1.82) is 0 Å². The van der Waals surface area contributed by atoms with Crippen LogP contribution < -0.4 is 5.32 Å². The van der Waals surface area contributed by atoms with E-state index in [1.54, 1.807) is 4.90 Å². The molecule has 1 aromatic rings. The van der Waals surface area contributed by atoms with Gasteiger partial charge in [0.15, 0.2) is 0 Å². The third-order valence-electron chi connectivity index (χ3n) is 3.87. The molecule has 1 heterocycles. The summed E-state index contributed by atoms with van der Waals surface area (Å²) >= 11 is 0. The van der Waals surface area contributed by atoms with Gasteiger partial charge in [-0.1, -0.05) is 6.92 Å². The normalized spacial score (nSPS) is 24.3. The average Bonchev–Trinajstić information content (AvgIpc) is 3.09. The smallest absolute Gasteiger partial charge is 0.244 e. The maximum absolute atomic E-state index is 13.9. The molecular formula is C14H16F2N2O. The molecule has 1 N–H and O–H groups in total. The Labute approximate surface area is 110 Å². The summed E-state index contributed by atoms with van der Waals surface area (Å²) in [5.41, 5.74) is -0.146. The molecule has 5 heteroatoms. The predicted octanol–water partition coefficient (Wildman–Crippen LogP) is 2.34. The Bertz CT molecular complexity index is 528. The van der Waals surface area contributed by atoms with Gasteiger partial charge in [0, 0.05) is 18.2 Å². The molecule has 0 radical (unpaired) electrons. The van der Waals surface area contributed by atoms with Crippen molar-refractivity contribution in [3.8, 4) is 0 Å². The molecule has 1 unspecified atom stereocenters. The maximum atomic E-state index is 13.9. The van der Waals surface area contributed by atoms with Gasteiger partial charge in [0.25, 0.3) is 0 Å². The van der Waals surface area contributed by atoms with Gasteiger partial charge in [0.05, 0.1) is 0 Å². The molecule has 1 spiro atoms. The molecule has 3 rings (SSSR count). The molecule has 1 aromatic carbocycles. The Kier molecular flexibility index (Phi) is 2.82. The van der Waals surface area contributed by atoms with Crippen molar-refractivity contribution >= 4 is 5.91 Å². The Morgan fingerprint density at radius 2 is 2.16 bits per heavy atom. The number of hydrogen-bond donors (Lipinski definition) is 1. The van der Waals surface area contributed by atoms with Crippen molar-refractivity contribution < 1.29 is 13.6 Å². The molecule has 0 aromatic heterocycles. The van der Waals surface area contributed by atoms with Crippen LogP contribution in [0, 0.1) is 11.6 Å². The summed E-state index contributed by atoms with van der Waals surface area (Å²) < 4.78 is 26.9. The van der Waals surface area contributed by atoms with Crippen molar-refractivity contribution in [1.82, 2.24) is 10.2 Å². The van der Waals surface area contributed by atoms with Gasteiger partial charge < -0.3 is 4.90 Å². The van der Waals surface area contributed by atoms with E-state index < -0.39 is 23.3 Å². The highest BCUT2D eigenvalue weighted by atomic mass is 19.1. The van der Waals surface area contributed by atoms with Crippen molar-refractivity contribution in [3.63, 3.8) is 0 Å². The minimum atomic E-state index is -0.607. The van der Waals surface area contributed by atoms with Crippen LogP contribution in [0.2, 0.25) is 0 Å². The summed E-state index contributed by atoms with van der Waals surface area (Å²) in [5.74, 6) is -1.17. The fourth-order valence-corrected chi connectivity index (χ4v) is 2.72. The van der Waals surface area contributed by atoms with E-state index >= 15 is 0 Å². The van der Waals surface area contributed by atoms with Crippen LogP contribution in [0.3, 0.4) is 0 Å². The number of nitrogens with one attached hydrogen (secondary N) is 1. The zero-order valence-corrected chi connectivity index (χ0v) is 10.7. The van der Waals surface area contributed by atoms with Crippen molar-refractivity contribution in [2.75, 3.05) is 6.54 Å². The lowest BCUT2D eigenvalue weighted by Gasteiger charge is -2.24. The van der Waals surface area contributed by atoms with Crippen LogP contribution in [0.5, 0.6) is 0 Å². The lowest BCUT2D eigenvalue weighted by Crippen LogP contribution is -2.32.